The zero-order valence-corrected chi connectivity index (χ0v) is 14.4. The summed E-state index contributed by atoms with van der Waals surface area (Å²) in [6.07, 6.45) is -3.97. The maximum absolute atomic E-state index is 13.7. The lowest BCUT2D eigenvalue weighted by molar-refractivity contribution is -0.0850. The molecular weight excluding hydrogens is 381 g/mol. The lowest BCUT2D eigenvalue weighted by Gasteiger charge is -2.21. The Kier molecular flexibility index (Phi) is 4.44. The minimum atomic E-state index is -1.44. The summed E-state index contributed by atoms with van der Waals surface area (Å²) in [4.78, 5) is 12.0. The fraction of sp³-hybridized carbons (Fsp3) is 0.312. The summed E-state index contributed by atoms with van der Waals surface area (Å²) in [5, 5.41) is 31.2. The van der Waals surface area contributed by atoms with Gasteiger partial charge in [0.2, 0.25) is 0 Å². The molecule has 11 heteroatoms. The Morgan fingerprint density at radius 3 is 2.74 bits per heavy atom. The molecular formula is C16H15ClFN5O4. The number of anilines is 1. The van der Waals surface area contributed by atoms with Crippen LogP contribution in [0.3, 0.4) is 0 Å². The molecule has 9 nitrogen and oxygen atoms in total. The number of ether oxygens (including phenoxy) is 1. The molecule has 3 heterocycles. The van der Waals surface area contributed by atoms with Gasteiger partial charge in [0.25, 0.3) is 0 Å². The van der Waals surface area contributed by atoms with E-state index in [1.54, 1.807) is 0 Å². The molecule has 0 unspecified atom stereocenters. The highest BCUT2D eigenvalue weighted by atomic mass is 35.5. The highest BCUT2D eigenvalue weighted by Crippen LogP contribution is 2.37. The standard InChI is InChI=1S/C16H15ClFN5O4/c17-7-2-1-6(3-8(7)18)10(24)13-11(25)12(26)16(27-13)23-5-22-9-14(19)20-4-21-15(9)23/h1-5,10-13,16,24-26H,(H2,19,20,21)/t10-,11+,12-,13-,16-/m1/s1. The predicted molar refractivity (Wildman–Crippen MR) is 92.0 cm³/mol. The molecule has 3 aromatic rings. The molecule has 1 aliphatic rings. The van der Waals surface area contributed by atoms with E-state index in [4.69, 9.17) is 22.1 Å². The fourth-order valence-corrected chi connectivity index (χ4v) is 3.24. The second-order valence-corrected chi connectivity index (χ2v) is 6.58. The van der Waals surface area contributed by atoms with Gasteiger partial charge in [-0.25, -0.2) is 19.3 Å². The van der Waals surface area contributed by atoms with E-state index in [-0.39, 0.29) is 16.4 Å². The first-order valence-corrected chi connectivity index (χ1v) is 8.34. The van der Waals surface area contributed by atoms with Crippen LogP contribution < -0.4 is 5.73 Å². The number of hydrogen-bond acceptors (Lipinski definition) is 8. The van der Waals surface area contributed by atoms with E-state index >= 15 is 0 Å². The van der Waals surface area contributed by atoms with Gasteiger partial charge in [-0.2, -0.15) is 0 Å². The zero-order valence-electron chi connectivity index (χ0n) is 13.6. The van der Waals surface area contributed by atoms with Crippen LogP contribution in [0.4, 0.5) is 10.2 Å². The van der Waals surface area contributed by atoms with Crippen LogP contribution in [0.5, 0.6) is 0 Å². The molecule has 1 aliphatic heterocycles. The number of nitrogens with two attached hydrogens (primary N) is 1. The molecule has 1 aromatic carbocycles. The normalized spacial score (nSPS) is 26.6. The molecule has 0 saturated carbocycles. The number of rotatable bonds is 3. The number of hydrogen-bond donors (Lipinski definition) is 4. The number of imidazole rings is 1. The van der Waals surface area contributed by atoms with E-state index in [0.717, 1.165) is 6.07 Å². The van der Waals surface area contributed by atoms with Crippen LogP contribution in [-0.2, 0) is 4.74 Å². The van der Waals surface area contributed by atoms with Gasteiger partial charge in [0.1, 0.15) is 42.1 Å². The van der Waals surface area contributed by atoms with Crippen LogP contribution >= 0.6 is 11.6 Å². The number of fused-ring (bicyclic) bond motifs is 1. The number of nitrogens with zero attached hydrogens (tertiary/aromatic N) is 4. The van der Waals surface area contributed by atoms with Crippen molar-refractivity contribution in [2.45, 2.75) is 30.6 Å². The highest BCUT2D eigenvalue weighted by Gasteiger charge is 2.47. The number of aromatic nitrogens is 4. The minimum Gasteiger partial charge on any atom is -0.387 e. The molecule has 5 N–H and O–H groups in total. The van der Waals surface area contributed by atoms with Crippen molar-refractivity contribution in [2.75, 3.05) is 5.73 Å². The Bertz CT molecular complexity index is 1000. The molecule has 0 amide bonds. The third-order valence-electron chi connectivity index (χ3n) is 4.53. The molecule has 142 valence electrons. The Morgan fingerprint density at radius 2 is 2.00 bits per heavy atom. The van der Waals surface area contributed by atoms with Crippen molar-refractivity contribution in [1.29, 1.82) is 0 Å². The fourth-order valence-electron chi connectivity index (χ4n) is 3.12. The second kappa shape index (κ2) is 6.66. The van der Waals surface area contributed by atoms with Crippen molar-refractivity contribution in [2.24, 2.45) is 0 Å². The van der Waals surface area contributed by atoms with Crippen molar-refractivity contribution >= 4 is 28.6 Å². The summed E-state index contributed by atoms with van der Waals surface area (Å²) in [7, 11) is 0. The molecule has 27 heavy (non-hydrogen) atoms. The van der Waals surface area contributed by atoms with Gasteiger partial charge in [-0.05, 0) is 17.7 Å². The molecule has 4 rings (SSSR count). The third kappa shape index (κ3) is 2.91. The summed E-state index contributed by atoms with van der Waals surface area (Å²) in [5.74, 6) is -0.564. The van der Waals surface area contributed by atoms with Crippen molar-refractivity contribution in [1.82, 2.24) is 19.5 Å². The van der Waals surface area contributed by atoms with Gasteiger partial charge < -0.3 is 25.8 Å². The Labute approximate surface area is 156 Å². The lowest BCUT2D eigenvalue weighted by Crippen LogP contribution is -2.34. The van der Waals surface area contributed by atoms with Crippen molar-refractivity contribution in [3.63, 3.8) is 0 Å². The average Bonchev–Trinajstić information content (AvgIpc) is 3.20. The van der Waals surface area contributed by atoms with Crippen molar-refractivity contribution < 1.29 is 24.4 Å². The molecule has 0 spiro atoms. The van der Waals surface area contributed by atoms with E-state index in [9.17, 15) is 19.7 Å². The second-order valence-electron chi connectivity index (χ2n) is 6.17. The van der Waals surface area contributed by atoms with Crippen molar-refractivity contribution in [3.05, 3.63) is 47.3 Å². The molecule has 0 bridgehead atoms. The number of aliphatic hydroxyl groups is 3. The van der Waals surface area contributed by atoms with Crippen LogP contribution in [0.25, 0.3) is 11.2 Å². The van der Waals surface area contributed by atoms with Gasteiger partial charge in [-0.15, -0.1) is 0 Å². The molecule has 0 radical (unpaired) electrons. The number of halogens is 2. The SMILES string of the molecule is Nc1ncnc2c1ncn2[C@@H]1O[C@H]([C@H](O)c2ccc(Cl)c(F)c2)[C@@H](O)[C@H]1O. The smallest absolute Gasteiger partial charge is 0.167 e. The van der Waals surface area contributed by atoms with Gasteiger partial charge in [-0.3, -0.25) is 4.57 Å². The van der Waals surface area contributed by atoms with Crippen LogP contribution in [0.1, 0.15) is 17.9 Å². The molecule has 1 saturated heterocycles. The van der Waals surface area contributed by atoms with E-state index in [1.807, 2.05) is 0 Å². The minimum absolute atomic E-state index is 0.0982. The van der Waals surface area contributed by atoms with Gasteiger partial charge >= 0.3 is 0 Å². The molecule has 0 aliphatic carbocycles. The lowest BCUT2D eigenvalue weighted by atomic mass is 9.99. The predicted octanol–water partition coefficient (Wildman–Crippen LogP) is 0.554. The van der Waals surface area contributed by atoms with Crippen molar-refractivity contribution in [3.8, 4) is 0 Å². The van der Waals surface area contributed by atoms with E-state index < -0.39 is 36.5 Å². The van der Waals surface area contributed by atoms with Crippen LogP contribution in [0.15, 0.2) is 30.9 Å². The Balaban J connectivity index is 1.66. The van der Waals surface area contributed by atoms with Gasteiger partial charge in [-0.1, -0.05) is 17.7 Å². The number of nitrogen functional groups attached to an aromatic ring is 1. The number of aliphatic hydroxyl groups excluding tert-OH is 3. The maximum Gasteiger partial charge on any atom is 0.167 e. The zero-order chi connectivity index (χ0) is 19.3. The summed E-state index contributed by atoms with van der Waals surface area (Å²) in [5.41, 5.74) is 6.50. The first kappa shape index (κ1) is 18.0. The molecule has 5 atom stereocenters. The summed E-state index contributed by atoms with van der Waals surface area (Å²) in [6, 6.07) is 3.74. The summed E-state index contributed by atoms with van der Waals surface area (Å²) < 4.78 is 20.7. The Hall–Kier alpha value is -2.37. The third-order valence-corrected chi connectivity index (χ3v) is 4.84. The van der Waals surface area contributed by atoms with Crippen LogP contribution in [0.2, 0.25) is 5.02 Å². The summed E-state index contributed by atoms with van der Waals surface area (Å²) in [6.45, 7) is 0. The van der Waals surface area contributed by atoms with E-state index in [2.05, 4.69) is 15.0 Å². The molecule has 1 fully saturated rings. The summed E-state index contributed by atoms with van der Waals surface area (Å²) >= 11 is 5.65. The quantitative estimate of drug-likeness (QED) is 0.504. The van der Waals surface area contributed by atoms with Gasteiger partial charge in [0.15, 0.2) is 17.7 Å². The first-order chi connectivity index (χ1) is 12.9. The number of benzene rings is 1. The highest BCUT2D eigenvalue weighted by molar-refractivity contribution is 6.30. The monoisotopic (exact) mass is 395 g/mol. The van der Waals surface area contributed by atoms with Gasteiger partial charge in [0, 0.05) is 0 Å². The Morgan fingerprint density at radius 1 is 1.22 bits per heavy atom. The van der Waals surface area contributed by atoms with E-state index in [1.165, 1.54) is 29.4 Å². The largest absolute Gasteiger partial charge is 0.387 e. The maximum atomic E-state index is 13.7. The van der Waals surface area contributed by atoms with Gasteiger partial charge in [0.05, 0.1) is 11.3 Å². The molecule has 2 aromatic heterocycles. The average molecular weight is 396 g/mol. The van der Waals surface area contributed by atoms with Crippen LogP contribution in [0, 0.1) is 5.82 Å². The topological polar surface area (TPSA) is 140 Å². The first-order valence-electron chi connectivity index (χ1n) is 7.96. The van der Waals surface area contributed by atoms with Crippen LogP contribution in [-0.4, -0.2) is 53.2 Å². The van der Waals surface area contributed by atoms with E-state index in [0.29, 0.717) is 11.2 Å².